The van der Waals surface area contributed by atoms with Gasteiger partial charge in [0.2, 0.25) is 0 Å². The minimum absolute atomic E-state index is 0.261. The van der Waals surface area contributed by atoms with Crippen LogP contribution in [0.3, 0.4) is 0 Å². The van der Waals surface area contributed by atoms with Gasteiger partial charge >= 0.3 is 6.18 Å². The van der Waals surface area contributed by atoms with Crippen LogP contribution in [0.1, 0.15) is 22.7 Å². The smallest absolute Gasteiger partial charge is 0.407 e. The third-order valence-electron chi connectivity index (χ3n) is 2.91. The Balaban J connectivity index is 2.33. The van der Waals surface area contributed by atoms with E-state index in [0.29, 0.717) is 5.56 Å². The summed E-state index contributed by atoms with van der Waals surface area (Å²) in [5.74, 6) is 4.39. The van der Waals surface area contributed by atoms with E-state index in [-0.39, 0.29) is 5.56 Å². The highest BCUT2D eigenvalue weighted by molar-refractivity contribution is 5.48. The molecule has 0 radical (unpaired) electrons. The number of nitrogens with two attached hydrogens (primary N) is 1. The van der Waals surface area contributed by atoms with E-state index < -0.39 is 29.3 Å². The normalized spacial score (nSPS) is 12.4. The zero-order valence-electron chi connectivity index (χ0n) is 11.2. The number of hydrogen-bond donors (Lipinski definition) is 2. The van der Waals surface area contributed by atoms with Crippen molar-refractivity contribution in [3.05, 3.63) is 65.0 Å². The van der Waals surface area contributed by atoms with Gasteiger partial charge in [0, 0.05) is 16.7 Å². The van der Waals surface area contributed by atoms with E-state index in [2.05, 4.69) is 11.8 Å². The molecule has 2 aromatic carbocycles. The second kappa shape index (κ2) is 6.08. The van der Waals surface area contributed by atoms with Gasteiger partial charge in [-0.2, -0.15) is 13.2 Å². The molecule has 0 amide bonds. The van der Waals surface area contributed by atoms with Gasteiger partial charge in [-0.1, -0.05) is 11.8 Å². The molecule has 2 aromatic rings. The molecule has 0 bridgehead atoms. The van der Waals surface area contributed by atoms with Crippen LogP contribution in [0.15, 0.2) is 42.5 Å². The van der Waals surface area contributed by atoms with Crippen LogP contribution in [0.5, 0.6) is 5.75 Å². The number of phenols is 1. The van der Waals surface area contributed by atoms with Crippen LogP contribution in [0, 0.1) is 17.7 Å². The van der Waals surface area contributed by atoms with Crippen LogP contribution in [0.2, 0.25) is 0 Å². The average Bonchev–Trinajstić information content (AvgIpc) is 2.46. The Morgan fingerprint density at radius 2 is 1.50 bits per heavy atom. The first-order chi connectivity index (χ1) is 10.3. The Hall–Kier alpha value is -2.52. The van der Waals surface area contributed by atoms with Gasteiger partial charge < -0.3 is 10.8 Å². The third kappa shape index (κ3) is 3.77. The molecule has 22 heavy (non-hydrogen) atoms. The van der Waals surface area contributed by atoms with E-state index in [1.165, 1.54) is 30.3 Å². The molecule has 0 aliphatic heterocycles. The second-order valence-corrected chi connectivity index (χ2v) is 4.55. The molecule has 0 saturated carbocycles. The minimum atomic E-state index is -4.67. The van der Waals surface area contributed by atoms with Gasteiger partial charge in [-0.25, -0.2) is 4.39 Å². The Labute approximate surface area is 124 Å². The third-order valence-corrected chi connectivity index (χ3v) is 2.91. The fourth-order valence-electron chi connectivity index (χ4n) is 1.74. The largest absolute Gasteiger partial charge is 0.508 e. The highest BCUT2D eigenvalue weighted by Crippen LogP contribution is 2.35. The molecule has 0 unspecified atom stereocenters. The number of halogens is 4. The summed E-state index contributed by atoms with van der Waals surface area (Å²) in [6.07, 6.45) is -4.67. The molecule has 6 heteroatoms. The molecule has 3 N–H and O–H groups in total. The van der Waals surface area contributed by atoms with Crippen LogP contribution in [0.4, 0.5) is 17.6 Å². The van der Waals surface area contributed by atoms with E-state index in [9.17, 15) is 22.7 Å². The molecule has 1 atom stereocenters. The Bertz CT molecular complexity index is 727. The lowest BCUT2D eigenvalue weighted by Gasteiger charge is -2.17. The maximum Gasteiger partial charge on any atom is 0.407 e. The summed E-state index contributed by atoms with van der Waals surface area (Å²) in [5.41, 5.74) is 5.42. The quantitative estimate of drug-likeness (QED) is 0.626. The van der Waals surface area contributed by atoms with Gasteiger partial charge in [-0.3, -0.25) is 0 Å². The van der Waals surface area contributed by atoms with Crippen LogP contribution in [-0.2, 0) is 0 Å². The van der Waals surface area contributed by atoms with Crippen LogP contribution in [0.25, 0.3) is 0 Å². The molecule has 2 rings (SSSR count). The van der Waals surface area contributed by atoms with E-state index in [1.807, 2.05) is 0 Å². The summed E-state index contributed by atoms with van der Waals surface area (Å²) in [7, 11) is 0. The number of aromatic hydroxyl groups is 1. The van der Waals surface area contributed by atoms with Crippen molar-refractivity contribution >= 4 is 0 Å². The molecule has 0 spiro atoms. The number of phenolic OH excluding ortho intramolecular Hbond substituents is 1. The van der Waals surface area contributed by atoms with Gasteiger partial charge in [-0.15, -0.1) is 0 Å². The van der Waals surface area contributed by atoms with Crippen LogP contribution < -0.4 is 5.73 Å². The van der Waals surface area contributed by atoms with Crippen molar-refractivity contribution in [2.45, 2.75) is 12.2 Å². The van der Waals surface area contributed by atoms with Crippen molar-refractivity contribution < 1.29 is 22.7 Å². The first-order valence-corrected chi connectivity index (χ1v) is 6.20. The summed E-state index contributed by atoms with van der Waals surface area (Å²) >= 11 is 0. The van der Waals surface area contributed by atoms with Crippen molar-refractivity contribution in [1.82, 2.24) is 0 Å². The molecule has 0 aliphatic rings. The van der Waals surface area contributed by atoms with Crippen molar-refractivity contribution in [2.75, 3.05) is 0 Å². The van der Waals surface area contributed by atoms with Crippen molar-refractivity contribution in [2.24, 2.45) is 5.73 Å². The molecular formula is C16H11F4NO. The first-order valence-electron chi connectivity index (χ1n) is 6.20. The Morgan fingerprint density at radius 3 is 2.09 bits per heavy atom. The maximum atomic E-state index is 12.8. The predicted octanol–water partition coefficient (Wildman–Crippen LogP) is 3.49. The maximum absolute atomic E-state index is 12.8. The van der Waals surface area contributed by atoms with E-state index in [0.717, 1.165) is 12.1 Å². The van der Waals surface area contributed by atoms with Crippen molar-refractivity contribution in [1.29, 1.82) is 0 Å². The predicted molar refractivity (Wildman–Crippen MR) is 73.5 cm³/mol. The lowest BCUT2D eigenvalue weighted by Crippen LogP contribution is -2.28. The van der Waals surface area contributed by atoms with E-state index >= 15 is 0 Å². The van der Waals surface area contributed by atoms with Gasteiger partial charge in [0.25, 0.3) is 0 Å². The summed E-state index contributed by atoms with van der Waals surface area (Å²) in [4.78, 5) is 0. The summed E-state index contributed by atoms with van der Waals surface area (Å²) in [5, 5.41) is 9.51. The van der Waals surface area contributed by atoms with Crippen molar-refractivity contribution in [3.63, 3.8) is 0 Å². The van der Waals surface area contributed by atoms with Gasteiger partial charge in [-0.05, 0) is 42.5 Å². The highest BCUT2D eigenvalue weighted by atomic mass is 19.4. The molecule has 0 saturated heterocycles. The molecular weight excluding hydrogens is 298 g/mol. The van der Waals surface area contributed by atoms with Crippen LogP contribution >= 0.6 is 0 Å². The number of rotatable bonds is 1. The summed E-state index contributed by atoms with van der Waals surface area (Å²) < 4.78 is 50.6. The lowest BCUT2D eigenvalue weighted by molar-refractivity contribution is -0.149. The zero-order chi connectivity index (χ0) is 16.3. The van der Waals surface area contributed by atoms with Crippen LogP contribution in [-0.4, -0.2) is 11.3 Å². The number of hydrogen-bond acceptors (Lipinski definition) is 2. The van der Waals surface area contributed by atoms with Crippen molar-refractivity contribution in [3.8, 4) is 17.6 Å². The highest BCUT2D eigenvalue weighted by Gasteiger charge is 2.39. The number of benzene rings is 2. The summed E-state index contributed by atoms with van der Waals surface area (Å²) in [6, 6.07) is 6.63. The molecule has 0 heterocycles. The Kier molecular flexibility index (Phi) is 4.38. The van der Waals surface area contributed by atoms with Gasteiger partial charge in [0.15, 0.2) is 0 Å². The summed E-state index contributed by atoms with van der Waals surface area (Å²) in [6.45, 7) is 0. The topological polar surface area (TPSA) is 46.2 Å². The SMILES string of the molecule is N[C@@H](c1cc(C#Cc2ccc(F)cc2)ccc1O)C(F)(F)F. The Morgan fingerprint density at radius 1 is 0.955 bits per heavy atom. The first kappa shape index (κ1) is 15.9. The molecule has 0 aromatic heterocycles. The standard InChI is InChI=1S/C16H11F4NO/c17-12-6-3-10(4-7-12)1-2-11-5-8-14(22)13(9-11)15(21)16(18,19)20/h3-9,15,22H,21H2/t15-/m0/s1. The van der Waals surface area contributed by atoms with Gasteiger partial charge in [0.1, 0.15) is 17.6 Å². The lowest BCUT2D eigenvalue weighted by atomic mass is 10.0. The number of alkyl halides is 3. The van der Waals surface area contributed by atoms with E-state index in [4.69, 9.17) is 5.73 Å². The molecule has 0 aliphatic carbocycles. The van der Waals surface area contributed by atoms with Gasteiger partial charge in [0.05, 0.1) is 0 Å². The molecule has 114 valence electrons. The zero-order valence-corrected chi connectivity index (χ0v) is 11.2. The fraction of sp³-hybridized carbons (Fsp3) is 0.125. The second-order valence-electron chi connectivity index (χ2n) is 4.55. The average molecular weight is 309 g/mol. The minimum Gasteiger partial charge on any atom is -0.508 e. The monoisotopic (exact) mass is 309 g/mol. The fourth-order valence-corrected chi connectivity index (χ4v) is 1.74. The van der Waals surface area contributed by atoms with E-state index in [1.54, 1.807) is 0 Å². The molecule has 0 fully saturated rings. The molecule has 2 nitrogen and oxygen atoms in total.